The summed E-state index contributed by atoms with van der Waals surface area (Å²) < 4.78 is 0. The van der Waals surface area contributed by atoms with E-state index in [2.05, 4.69) is 6.92 Å². The van der Waals surface area contributed by atoms with Crippen molar-refractivity contribution in [2.45, 2.75) is 38.3 Å². The van der Waals surface area contributed by atoms with Crippen molar-refractivity contribution in [3.8, 4) is 0 Å². The molecule has 3 atom stereocenters. The van der Waals surface area contributed by atoms with Crippen molar-refractivity contribution in [1.29, 1.82) is 0 Å². The Balaban J connectivity index is 2.15. The highest BCUT2D eigenvalue weighted by molar-refractivity contribution is 5.88. The number of carbonyl (C=O) groups is 2. The molecular weight excluding hydrogens is 268 g/mol. The van der Waals surface area contributed by atoms with Gasteiger partial charge in [-0.15, -0.1) is 0 Å². The van der Waals surface area contributed by atoms with Gasteiger partial charge in [0.1, 0.15) is 12.1 Å². The molecule has 1 aromatic carbocycles. The average molecular weight is 290 g/mol. The normalized spacial score (nSPS) is 23.6. The quantitative estimate of drug-likeness (QED) is 0.885. The first-order valence-corrected chi connectivity index (χ1v) is 7.38. The summed E-state index contributed by atoms with van der Waals surface area (Å²) in [5.41, 5.74) is 6.73. The lowest BCUT2D eigenvalue weighted by atomic mass is 9.88. The maximum absolute atomic E-state index is 12.5. The minimum Gasteiger partial charge on any atom is -0.480 e. The van der Waals surface area contributed by atoms with Gasteiger partial charge in [-0.05, 0) is 24.3 Å². The van der Waals surface area contributed by atoms with Crippen LogP contribution >= 0.6 is 0 Å². The van der Waals surface area contributed by atoms with Crippen LogP contribution in [0.2, 0.25) is 0 Å². The second kappa shape index (κ2) is 6.72. The molecule has 5 nitrogen and oxygen atoms in total. The van der Waals surface area contributed by atoms with Crippen LogP contribution in [-0.4, -0.2) is 34.5 Å². The Morgan fingerprint density at radius 3 is 2.62 bits per heavy atom. The molecule has 1 fully saturated rings. The molecule has 1 amide bonds. The van der Waals surface area contributed by atoms with E-state index in [-0.39, 0.29) is 5.91 Å². The number of amides is 1. The number of nitrogens with two attached hydrogens (primary N) is 1. The van der Waals surface area contributed by atoms with E-state index in [0.29, 0.717) is 24.4 Å². The number of rotatable bonds is 4. The van der Waals surface area contributed by atoms with Gasteiger partial charge in [0.25, 0.3) is 0 Å². The number of piperidine rings is 1. The van der Waals surface area contributed by atoms with E-state index in [4.69, 9.17) is 5.73 Å². The first-order chi connectivity index (χ1) is 10.0. The molecule has 2 rings (SSSR count). The summed E-state index contributed by atoms with van der Waals surface area (Å²) in [7, 11) is 0. The molecule has 3 unspecified atom stereocenters. The highest BCUT2D eigenvalue weighted by Crippen LogP contribution is 2.27. The number of carbonyl (C=O) groups excluding carboxylic acids is 1. The van der Waals surface area contributed by atoms with Crippen molar-refractivity contribution in [1.82, 2.24) is 4.90 Å². The zero-order valence-corrected chi connectivity index (χ0v) is 12.2. The molecule has 1 saturated heterocycles. The van der Waals surface area contributed by atoms with Crippen molar-refractivity contribution in [3.63, 3.8) is 0 Å². The maximum atomic E-state index is 12.5. The van der Waals surface area contributed by atoms with Crippen LogP contribution in [-0.2, 0) is 9.59 Å². The van der Waals surface area contributed by atoms with E-state index in [1.807, 2.05) is 18.2 Å². The van der Waals surface area contributed by atoms with E-state index in [1.54, 1.807) is 12.1 Å². The van der Waals surface area contributed by atoms with Crippen LogP contribution in [0.4, 0.5) is 0 Å². The van der Waals surface area contributed by atoms with E-state index in [0.717, 1.165) is 12.8 Å². The fraction of sp³-hybridized carbons (Fsp3) is 0.500. The number of likely N-dealkylation sites (tertiary alicyclic amines) is 1. The highest BCUT2D eigenvalue weighted by Gasteiger charge is 2.37. The molecule has 3 N–H and O–H groups in total. The van der Waals surface area contributed by atoms with Crippen LogP contribution in [0, 0.1) is 5.92 Å². The second-order valence-corrected chi connectivity index (χ2v) is 5.57. The Hall–Kier alpha value is -1.88. The summed E-state index contributed by atoms with van der Waals surface area (Å²) in [6.07, 6.45) is 2.29. The second-order valence-electron chi connectivity index (χ2n) is 5.57. The van der Waals surface area contributed by atoms with E-state index in [9.17, 15) is 14.7 Å². The molecule has 0 saturated carbocycles. The summed E-state index contributed by atoms with van der Waals surface area (Å²) in [4.78, 5) is 25.4. The number of hydrogen-bond donors (Lipinski definition) is 2. The zero-order chi connectivity index (χ0) is 15.4. The summed E-state index contributed by atoms with van der Waals surface area (Å²) in [5, 5.41) is 9.39. The van der Waals surface area contributed by atoms with Crippen LogP contribution in [0.3, 0.4) is 0 Å². The van der Waals surface area contributed by atoms with E-state index >= 15 is 0 Å². The van der Waals surface area contributed by atoms with Gasteiger partial charge < -0.3 is 15.7 Å². The average Bonchev–Trinajstić information content (AvgIpc) is 2.53. The number of benzene rings is 1. The lowest BCUT2D eigenvalue weighted by Gasteiger charge is -2.38. The third kappa shape index (κ3) is 3.42. The molecule has 1 heterocycles. The molecule has 0 aliphatic carbocycles. The van der Waals surface area contributed by atoms with Crippen molar-refractivity contribution in [2.24, 2.45) is 11.7 Å². The van der Waals surface area contributed by atoms with Gasteiger partial charge >= 0.3 is 5.97 Å². The van der Waals surface area contributed by atoms with Gasteiger partial charge in [-0.2, -0.15) is 0 Å². The highest BCUT2D eigenvalue weighted by atomic mass is 16.4. The van der Waals surface area contributed by atoms with Gasteiger partial charge in [-0.3, -0.25) is 4.79 Å². The van der Waals surface area contributed by atoms with Crippen LogP contribution in [0.25, 0.3) is 0 Å². The molecule has 1 aromatic rings. The summed E-state index contributed by atoms with van der Waals surface area (Å²) >= 11 is 0. The Kier molecular flexibility index (Phi) is 4.96. The van der Waals surface area contributed by atoms with Gasteiger partial charge in [0.05, 0.1) is 0 Å². The predicted molar refractivity (Wildman–Crippen MR) is 79.5 cm³/mol. The molecular formula is C16H22N2O3. The molecule has 0 radical (unpaired) electrons. The predicted octanol–water partition coefficient (Wildman–Crippen LogP) is 1.79. The van der Waals surface area contributed by atoms with Crippen LogP contribution in [0.15, 0.2) is 30.3 Å². The van der Waals surface area contributed by atoms with Crippen molar-refractivity contribution < 1.29 is 14.7 Å². The Morgan fingerprint density at radius 1 is 1.38 bits per heavy atom. The lowest BCUT2D eigenvalue weighted by molar-refractivity contribution is -0.153. The van der Waals surface area contributed by atoms with Crippen LogP contribution in [0.5, 0.6) is 0 Å². The fourth-order valence-electron chi connectivity index (χ4n) is 2.89. The van der Waals surface area contributed by atoms with Crippen molar-refractivity contribution in [3.05, 3.63) is 35.9 Å². The van der Waals surface area contributed by atoms with Gasteiger partial charge in [0.2, 0.25) is 5.91 Å². The Labute approximate surface area is 124 Å². The smallest absolute Gasteiger partial charge is 0.326 e. The topological polar surface area (TPSA) is 83.6 Å². The first kappa shape index (κ1) is 15.5. The number of aliphatic carboxylic acids is 1. The molecule has 0 aromatic heterocycles. The molecule has 21 heavy (non-hydrogen) atoms. The Morgan fingerprint density at radius 2 is 2.05 bits per heavy atom. The number of carboxylic acids is 1. The van der Waals surface area contributed by atoms with Crippen LogP contribution < -0.4 is 5.73 Å². The summed E-state index contributed by atoms with van der Waals surface area (Å²) in [6, 6.07) is 7.51. The lowest BCUT2D eigenvalue weighted by Crippen LogP contribution is -2.52. The largest absolute Gasteiger partial charge is 0.480 e. The molecule has 0 spiro atoms. The van der Waals surface area contributed by atoms with E-state index in [1.165, 1.54) is 4.90 Å². The van der Waals surface area contributed by atoms with Crippen molar-refractivity contribution >= 4 is 11.9 Å². The number of hydrogen-bond acceptors (Lipinski definition) is 3. The number of nitrogens with zero attached hydrogens (tertiary/aromatic N) is 1. The minimum absolute atomic E-state index is 0.303. The third-order valence-corrected chi connectivity index (χ3v) is 4.28. The molecule has 1 aliphatic rings. The minimum atomic E-state index is -0.943. The fourth-order valence-corrected chi connectivity index (χ4v) is 2.89. The van der Waals surface area contributed by atoms with Gasteiger partial charge in [0, 0.05) is 6.54 Å². The van der Waals surface area contributed by atoms with Crippen molar-refractivity contribution in [2.75, 3.05) is 6.54 Å². The SMILES string of the molecule is CCC1CCN(C(=O)C(N)c2ccccc2)C(C(=O)O)C1. The monoisotopic (exact) mass is 290 g/mol. The zero-order valence-electron chi connectivity index (χ0n) is 12.2. The Bertz CT molecular complexity index is 504. The molecule has 5 heteroatoms. The first-order valence-electron chi connectivity index (χ1n) is 7.38. The van der Waals surface area contributed by atoms with E-state index < -0.39 is 18.1 Å². The third-order valence-electron chi connectivity index (χ3n) is 4.28. The molecule has 1 aliphatic heterocycles. The maximum Gasteiger partial charge on any atom is 0.326 e. The van der Waals surface area contributed by atoms with Gasteiger partial charge in [0.15, 0.2) is 0 Å². The molecule has 0 bridgehead atoms. The van der Waals surface area contributed by atoms with Crippen LogP contribution in [0.1, 0.15) is 37.8 Å². The molecule has 114 valence electrons. The van der Waals surface area contributed by atoms with Gasteiger partial charge in [-0.25, -0.2) is 4.79 Å². The summed E-state index contributed by atoms with van der Waals surface area (Å²) in [6.45, 7) is 2.52. The summed E-state index contributed by atoms with van der Waals surface area (Å²) in [5.74, 6) is -0.881. The standard InChI is InChI=1S/C16H22N2O3/c1-2-11-8-9-18(13(10-11)16(20)21)15(19)14(17)12-6-4-3-5-7-12/h3-7,11,13-14H,2,8-10,17H2,1H3,(H,20,21). The van der Waals surface area contributed by atoms with Gasteiger partial charge in [-0.1, -0.05) is 43.7 Å². The number of carboxylic acid groups (broad SMARTS) is 1.